The summed E-state index contributed by atoms with van der Waals surface area (Å²) in [6, 6.07) is 8.35. The van der Waals surface area contributed by atoms with Crippen molar-refractivity contribution >= 4 is 22.2 Å². The number of amides is 1. The Morgan fingerprint density at radius 2 is 2.00 bits per heavy atom. The van der Waals surface area contributed by atoms with Gasteiger partial charge in [-0.3, -0.25) is 9.20 Å². The lowest BCUT2D eigenvalue weighted by atomic mass is 10.1. The highest BCUT2D eigenvalue weighted by Gasteiger charge is 2.19. The molecule has 124 valence electrons. The molecular weight excluding hydrogens is 322 g/mol. The third-order valence-electron chi connectivity index (χ3n) is 4.33. The predicted molar refractivity (Wildman–Crippen MR) is 94.3 cm³/mol. The summed E-state index contributed by atoms with van der Waals surface area (Å²) >= 11 is 1.58. The fourth-order valence-corrected chi connectivity index (χ4v) is 3.77. The van der Waals surface area contributed by atoms with Crippen LogP contribution < -0.4 is 0 Å². The second-order valence-corrected chi connectivity index (χ2v) is 6.88. The lowest BCUT2D eigenvalue weighted by molar-refractivity contribution is -0.134. The van der Waals surface area contributed by atoms with Gasteiger partial charge in [-0.2, -0.15) is 0 Å². The van der Waals surface area contributed by atoms with Crippen LogP contribution in [0.5, 0.6) is 0 Å². The van der Waals surface area contributed by atoms with E-state index in [2.05, 4.69) is 36.2 Å². The zero-order valence-electron chi connectivity index (χ0n) is 13.6. The summed E-state index contributed by atoms with van der Waals surface area (Å²) < 4.78 is 7.35. The van der Waals surface area contributed by atoms with Gasteiger partial charge >= 0.3 is 0 Å². The predicted octanol–water partition coefficient (Wildman–Crippen LogP) is 2.77. The highest BCUT2D eigenvalue weighted by atomic mass is 32.1. The molecule has 1 amide bonds. The lowest BCUT2D eigenvalue weighted by Crippen LogP contribution is -2.41. The first-order chi connectivity index (χ1) is 11.7. The molecule has 24 heavy (non-hydrogen) atoms. The first kappa shape index (κ1) is 15.4. The Balaban J connectivity index is 1.58. The molecule has 3 aromatic rings. The fourth-order valence-electron chi connectivity index (χ4n) is 2.90. The molecule has 0 saturated carbocycles. The van der Waals surface area contributed by atoms with E-state index in [0.717, 1.165) is 21.9 Å². The minimum absolute atomic E-state index is 0.156. The molecule has 0 spiro atoms. The molecule has 1 fully saturated rings. The zero-order valence-corrected chi connectivity index (χ0v) is 14.4. The number of fused-ring (bicyclic) bond motifs is 1. The van der Waals surface area contributed by atoms with E-state index in [4.69, 9.17) is 4.74 Å². The molecule has 1 saturated heterocycles. The van der Waals surface area contributed by atoms with Crippen LogP contribution >= 0.6 is 11.3 Å². The molecule has 1 aromatic carbocycles. The van der Waals surface area contributed by atoms with Gasteiger partial charge in [0.2, 0.25) is 5.91 Å². The number of carbonyl (C=O) groups is 1. The average molecular weight is 341 g/mol. The van der Waals surface area contributed by atoms with Crippen molar-refractivity contribution in [2.75, 3.05) is 26.3 Å². The van der Waals surface area contributed by atoms with Crippen LogP contribution in [-0.4, -0.2) is 46.5 Å². The summed E-state index contributed by atoms with van der Waals surface area (Å²) in [6.45, 7) is 4.71. The van der Waals surface area contributed by atoms with E-state index in [-0.39, 0.29) is 5.91 Å². The van der Waals surface area contributed by atoms with Crippen molar-refractivity contribution in [1.82, 2.24) is 14.3 Å². The van der Waals surface area contributed by atoms with Crippen LogP contribution in [-0.2, 0) is 16.0 Å². The van der Waals surface area contributed by atoms with Crippen LogP contribution in [0.4, 0.5) is 0 Å². The van der Waals surface area contributed by atoms with E-state index in [0.29, 0.717) is 32.7 Å². The van der Waals surface area contributed by atoms with Crippen molar-refractivity contribution in [1.29, 1.82) is 0 Å². The topological polar surface area (TPSA) is 46.8 Å². The Hall–Kier alpha value is -2.18. The van der Waals surface area contributed by atoms with Crippen molar-refractivity contribution in [3.63, 3.8) is 0 Å². The van der Waals surface area contributed by atoms with Gasteiger partial charge in [0.05, 0.1) is 25.3 Å². The standard InChI is InChI=1S/C18H19N3O2S/c1-13-2-4-14(5-3-13)16-11-21-15(12-24-18(21)19-16)10-17(22)20-6-8-23-9-7-20/h2-5,11-12H,6-10H2,1H3. The molecule has 5 nitrogen and oxygen atoms in total. The maximum absolute atomic E-state index is 12.5. The molecule has 0 radical (unpaired) electrons. The van der Waals surface area contributed by atoms with Crippen LogP contribution in [0.15, 0.2) is 35.8 Å². The molecule has 4 rings (SSSR count). The number of benzene rings is 1. The van der Waals surface area contributed by atoms with Crippen LogP contribution in [0.25, 0.3) is 16.2 Å². The summed E-state index contributed by atoms with van der Waals surface area (Å²) in [4.78, 5) is 20.0. The molecule has 0 bridgehead atoms. The SMILES string of the molecule is Cc1ccc(-c2cn3c(CC(=O)N4CCOCC4)csc3n2)cc1. The van der Waals surface area contributed by atoms with Gasteiger partial charge in [0.25, 0.3) is 0 Å². The third kappa shape index (κ3) is 2.95. The second-order valence-electron chi connectivity index (χ2n) is 6.04. The Kier molecular flexibility index (Phi) is 4.08. The van der Waals surface area contributed by atoms with Gasteiger partial charge < -0.3 is 9.64 Å². The number of rotatable bonds is 3. The third-order valence-corrected chi connectivity index (χ3v) is 5.22. The van der Waals surface area contributed by atoms with Gasteiger partial charge in [0.15, 0.2) is 4.96 Å². The number of morpholine rings is 1. The van der Waals surface area contributed by atoms with Crippen molar-refractivity contribution < 1.29 is 9.53 Å². The number of aromatic nitrogens is 2. The summed E-state index contributed by atoms with van der Waals surface area (Å²) in [5.74, 6) is 0.156. The molecule has 3 heterocycles. The Bertz CT molecular complexity index is 860. The van der Waals surface area contributed by atoms with Crippen molar-refractivity contribution in [2.24, 2.45) is 0 Å². The first-order valence-corrected chi connectivity index (χ1v) is 8.97. The average Bonchev–Trinajstić information content (AvgIpc) is 3.18. The highest BCUT2D eigenvalue weighted by Crippen LogP contribution is 2.24. The van der Waals surface area contributed by atoms with Crippen LogP contribution in [0.1, 0.15) is 11.3 Å². The van der Waals surface area contributed by atoms with E-state index < -0.39 is 0 Å². The monoisotopic (exact) mass is 341 g/mol. The number of carbonyl (C=O) groups excluding carboxylic acids is 1. The van der Waals surface area contributed by atoms with Crippen molar-refractivity contribution in [3.8, 4) is 11.3 Å². The first-order valence-electron chi connectivity index (χ1n) is 8.09. The molecule has 1 aliphatic rings. The second kappa shape index (κ2) is 6.37. The van der Waals surface area contributed by atoms with E-state index in [1.54, 1.807) is 11.3 Å². The molecular formula is C18H19N3O2S. The molecule has 1 aliphatic heterocycles. The van der Waals surface area contributed by atoms with E-state index in [1.807, 2.05) is 20.9 Å². The van der Waals surface area contributed by atoms with Gasteiger partial charge in [-0.1, -0.05) is 29.8 Å². The summed E-state index contributed by atoms with van der Waals surface area (Å²) in [6.07, 6.45) is 2.43. The zero-order chi connectivity index (χ0) is 16.5. The number of nitrogens with zero attached hydrogens (tertiary/aromatic N) is 3. The van der Waals surface area contributed by atoms with Crippen LogP contribution in [0.2, 0.25) is 0 Å². The van der Waals surface area contributed by atoms with Gasteiger partial charge in [-0.15, -0.1) is 11.3 Å². The fraction of sp³-hybridized carbons (Fsp3) is 0.333. The number of thiazole rings is 1. The minimum Gasteiger partial charge on any atom is -0.378 e. The van der Waals surface area contributed by atoms with E-state index >= 15 is 0 Å². The van der Waals surface area contributed by atoms with E-state index in [1.165, 1.54) is 5.56 Å². The summed E-state index contributed by atoms with van der Waals surface area (Å²) in [7, 11) is 0. The Morgan fingerprint density at radius 3 is 2.75 bits per heavy atom. The van der Waals surface area contributed by atoms with Crippen LogP contribution in [0.3, 0.4) is 0 Å². The summed E-state index contributed by atoms with van der Waals surface area (Å²) in [5, 5.41) is 2.03. The number of hydrogen-bond acceptors (Lipinski definition) is 4. The maximum atomic E-state index is 12.5. The summed E-state index contributed by atoms with van der Waals surface area (Å²) in [5.41, 5.74) is 4.28. The van der Waals surface area contributed by atoms with Crippen molar-refractivity contribution in [2.45, 2.75) is 13.3 Å². The smallest absolute Gasteiger partial charge is 0.228 e. The maximum Gasteiger partial charge on any atom is 0.228 e. The molecule has 0 aliphatic carbocycles. The van der Waals surface area contributed by atoms with E-state index in [9.17, 15) is 4.79 Å². The van der Waals surface area contributed by atoms with Gasteiger partial charge in [-0.25, -0.2) is 4.98 Å². The Labute approximate surface area is 144 Å². The number of ether oxygens (including phenoxy) is 1. The van der Waals surface area contributed by atoms with Gasteiger partial charge in [0.1, 0.15) is 0 Å². The Morgan fingerprint density at radius 1 is 1.25 bits per heavy atom. The van der Waals surface area contributed by atoms with Crippen molar-refractivity contribution in [3.05, 3.63) is 47.1 Å². The molecule has 0 N–H and O–H groups in total. The minimum atomic E-state index is 0.156. The molecule has 0 atom stereocenters. The largest absolute Gasteiger partial charge is 0.378 e. The van der Waals surface area contributed by atoms with Crippen LogP contribution in [0, 0.1) is 6.92 Å². The molecule has 0 unspecified atom stereocenters. The molecule has 6 heteroatoms. The van der Waals surface area contributed by atoms with Gasteiger partial charge in [-0.05, 0) is 6.92 Å². The molecule has 2 aromatic heterocycles. The number of aryl methyl sites for hydroxylation is 1. The normalized spacial score (nSPS) is 15.1. The van der Waals surface area contributed by atoms with Gasteiger partial charge in [0, 0.05) is 35.9 Å². The quantitative estimate of drug-likeness (QED) is 0.736. The number of hydrogen-bond donors (Lipinski definition) is 0. The number of imidazole rings is 1. The lowest BCUT2D eigenvalue weighted by Gasteiger charge is -2.26. The highest BCUT2D eigenvalue weighted by molar-refractivity contribution is 7.15.